The van der Waals surface area contributed by atoms with Crippen LogP contribution in [-0.2, 0) is 28.7 Å². The molecule has 0 aliphatic carbocycles. The fraction of sp³-hybridized carbons (Fsp3) is 0.438. The van der Waals surface area contributed by atoms with Crippen molar-refractivity contribution < 1.29 is 33.4 Å². The van der Waals surface area contributed by atoms with Crippen molar-refractivity contribution in [1.29, 1.82) is 0 Å². The number of nitrogens with one attached hydrogen (secondary N) is 2. The summed E-state index contributed by atoms with van der Waals surface area (Å²) in [6.45, 7) is 15.0. The smallest absolute Gasteiger partial charge is 0.419 e. The molecule has 3 saturated heterocycles. The van der Waals surface area contributed by atoms with E-state index in [0.29, 0.717) is 36.9 Å². The van der Waals surface area contributed by atoms with Gasteiger partial charge in [0.15, 0.2) is 26.3 Å². The Kier molecular flexibility index (Phi) is 12.4. The van der Waals surface area contributed by atoms with Gasteiger partial charge in [-0.3, -0.25) is 14.3 Å². The van der Waals surface area contributed by atoms with Gasteiger partial charge in [0.25, 0.3) is 5.91 Å². The summed E-state index contributed by atoms with van der Waals surface area (Å²) in [5, 5.41) is 27.4. The van der Waals surface area contributed by atoms with E-state index in [2.05, 4.69) is 67.6 Å². The average molecular weight is 862 g/mol. The van der Waals surface area contributed by atoms with E-state index >= 15 is 0 Å². The highest BCUT2D eigenvalue weighted by molar-refractivity contribution is 6.74. The Balaban J connectivity index is 0.935. The molecule has 4 aliphatic rings. The van der Waals surface area contributed by atoms with Crippen LogP contribution < -0.4 is 26.0 Å². The highest BCUT2D eigenvalue weighted by atomic mass is 28.4. The summed E-state index contributed by atoms with van der Waals surface area (Å²) < 4.78 is 20.2. The van der Waals surface area contributed by atoms with E-state index in [1.165, 1.54) is 0 Å². The van der Waals surface area contributed by atoms with Crippen LogP contribution in [0.5, 0.6) is 11.5 Å². The van der Waals surface area contributed by atoms with Crippen LogP contribution in [0.15, 0.2) is 88.1 Å². The number of ether oxygens (including phenoxy) is 1. The second-order valence-electron chi connectivity index (χ2n) is 18.6. The maximum absolute atomic E-state index is 13.2. The van der Waals surface area contributed by atoms with E-state index in [9.17, 15) is 24.6 Å². The second kappa shape index (κ2) is 17.8. The van der Waals surface area contributed by atoms with E-state index in [0.717, 1.165) is 90.8 Å². The van der Waals surface area contributed by atoms with Gasteiger partial charge in [-0.2, -0.15) is 0 Å². The van der Waals surface area contributed by atoms with Crippen molar-refractivity contribution in [2.75, 3.05) is 43.0 Å². The lowest BCUT2D eigenvalue weighted by atomic mass is 9.82. The fourth-order valence-electron chi connectivity index (χ4n) is 9.00. The van der Waals surface area contributed by atoms with E-state index in [1.54, 1.807) is 21.6 Å². The minimum atomic E-state index is -2.28. The van der Waals surface area contributed by atoms with Crippen LogP contribution in [0.3, 0.4) is 0 Å². The fourth-order valence-corrected chi connectivity index (χ4v) is 10.3. The van der Waals surface area contributed by atoms with Crippen LogP contribution in [0.25, 0.3) is 22.2 Å². The maximum atomic E-state index is 13.2. The van der Waals surface area contributed by atoms with Gasteiger partial charge in [0, 0.05) is 37.3 Å². The molecule has 13 nitrogen and oxygen atoms in total. The molecule has 0 spiro atoms. The molecule has 328 valence electrons. The first kappa shape index (κ1) is 43.2. The number of carboxylic acid groups (broad SMARTS) is 1. The summed E-state index contributed by atoms with van der Waals surface area (Å²) in [6, 6.07) is 25.3. The molecule has 2 atom stereocenters. The van der Waals surface area contributed by atoms with Gasteiger partial charge in [0.2, 0.25) is 0 Å². The molecule has 62 heavy (non-hydrogen) atoms. The number of anilines is 2. The van der Waals surface area contributed by atoms with Crippen molar-refractivity contribution in [2.24, 2.45) is 5.92 Å². The number of piperidine rings is 3. The first-order chi connectivity index (χ1) is 29.7. The van der Waals surface area contributed by atoms with E-state index in [1.807, 2.05) is 48.5 Å². The number of carbonyl (C=O) groups excluding carboxylic acids is 1. The van der Waals surface area contributed by atoms with Crippen LogP contribution >= 0.6 is 0 Å². The zero-order chi connectivity index (χ0) is 43.8. The average Bonchev–Trinajstić information content (AvgIpc) is 3.56. The van der Waals surface area contributed by atoms with Crippen molar-refractivity contribution in [3.05, 3.63) is 106 Å². The number of aryl methyl sites for hydroxylation is 2. The number of aromatic nitrogens is 1. The molecule has 5 heterocycles. The Labute approximate surface area is 363 Å². The summed E-state index contributed by atoms with van der Waals surface area (Å²) in [5.41, 5.74) is 6.89. The number of unbranched alkanes of at least 4 members (excludes halogenated alkanes) is 1. The number of nitrogens with zero attached hydrogens (tertiary/aromatic N) is 3. The normalized spacial score (nSPS) is 19.2. The molecule has 4 aromatic carbocycles. The summed E-state index contributed by atoms with van der Waals surface area (Å²) >= 11 is 0. The topological polar surface area (TPSA) is 159 Å². The SMILES string of the molecule is CC(C)(C)[Si](C)(C)O[C@@H](CNCc1ccc2c(c1)oc(=O)n2CCCCc1ccc(-c2ccccc2)c(N(C(=O)O)C2CN3CCC2CC3)c1)c1ccc(O)c2c1OCC(=O)N2. The summed E-state index contributed by atoms with van der Waals surface area (Å²) in [7, 11) is -2.28. The third kappa shape index (κ3) is 9.05. The first-order valence-corrected chi connectivity index (χ1v) is 24.8. The Morgan fingerprint density at radius 1 is 1.00 bits per heavy atom. The first-order valence-electron chi connectivity index (χ1n) is 21.9. The van der Waals surface area contributed by atoms with Crippen molar-refractivity contribution in [3.63, 3.8) is 0 Å². The number of oxazole rings is 1. The molecule has 4 N–H and O–H groups in total. The number of carbonyl (C=O) groups is 2. The molecule has 14 heteroatoms. The third-order valence-corrected chi connectivity index (χ3v) is 17.9. The lowest BCUT2D eigenvalue weighted by molar-refractivity contribution is -0.118. The molecule has 2 bridgehead atoms. The Morgan fingerprint density at radius 3 is 2.47 bits per heavy atom. The van der Waals surface area contributed by atoms with Crippen LogP contribution in [0.2, 0.25) is 18.1 Å². The molecule has 1 aromatic heterocycles. The maximum Gasteiger partial charge on any atom is 0.419 e. The van der Waals surface area contributed by atoms with Gasteiger partial charge in [0.05, 0.1) is 23.3 Å². The molecular weight excluding hydrogens is 803 g/mol. The molecule has 1 unspecified atom stereocenters. The lowest BCUT2D eigenvalue weighted by Gasteiger charge is -2.48. The summed E-state index contributed by atoms with van der Waals surface area (Å²) in [4.78, 5) is 42.3. The summed E-state index contributed by atoms with van der Waals surface area (Å²) in [6.07, 6.45) is 2.97. The number of fused-ring (bicyclic) bond motifs is 5. The Hall–Kier alpha value is -5.41. The monoisotopic (exact) mass is 861 g/mol. The number of aromatic hydroxyl groups is 1. The van der Waals surface area contributed by atoms with Crippen molar-refractivity contribution >= 4 is 42.8 Å². The van der Waals surface area contributed by atoms with Gasteiger partial charge in [0.1, 0.15) is 11.4 Å². The van der Waals surface area contributed by atoms with Crippen molar-refractivity contribution in [3.8, 4) is 22.6 Å². The molecule has 4 aliphatic heterocycles. The van der Waals surface area contributed by atoms with Crippen molar-refractivity contribution in [2.45, 2.75) is 96.2 Å². The van der Waals surface area contributed by atoms with E-state index in [-0.39, 0.29) is 35.0 Å². The Morgan fingerprint density at radius 2 is 1.76 bits per heavy atom. The molecule has 5 aromatic rings. The Bertz CT molecular complexity index is 2490. The zero-order valence-corrected chi connectivity index (χ0v) is 37.4. The number of benzene rings is 4. The van der Waals surface area contributed by atoms with Gasteiger partial charge < -0.3 is 39.3 Å². The largest absolute Gasteiger partial charge is 0.506 e. The lowest BCUT2D eigenvalue weighted by Crippen LogP contribution is -2.59. The van der Waals surface area contributed by atoms with Gasteiger partial charge >= 0.3 is 11.8 Å². The number of rotatable bonds is 15. The predicted molar refractivity (Wildman–Crippen MR) is 244 cm³/mol. The van der Waals surface area contributed by atoms with Gasteiger partial charge in [-0.1, -0.05) is 69.3 Å². The zero-order valence-electron chi connectivity index (χ0n) is 36.4. The highest BCUT2D eigenvalue weighted by Crippen LogP contribution is 2.46. The number of hydrogen-bond acceptors (Lipinski definition) is 9. The van der Waals surface area contributed by atoms with Gasteiger partial charge in [-0.25, -0.2) is 9.59 Å². The van der Waals surface area contributed by atoms with Crippen molar-refractivity contribution in [1.82, 2.24) is 14.8 Å². The molecule has 0 radical (unpaired) electrons. The number of hydrogen-bond donors (Lipinski definition) is 4. The molecule has 3 fully saturated rings. The predicted octanol–water partition coefficient (Wildman–Crippen LogP) is 8.75. The number of phenolic OH excluding ortho intramolecular Hbond substituents is 1. The molecule has 0 saturated carbocycles. The van der Waals surface area contributed by atoms with Crippen LogP contribution in [0.1, 0.15) is 69.2 Å². The van der Waals surface area contributed by atoms with Crippen LogP contribution in [-0.4, -0.2) is 78.8 Å². The van der Waals surface area contributed by atoms with Crippen LogP contribution in [0, 0.1) is 5.92 Å². The van der Waals surface area contributed by atoms with Gasteiger partial charge in [-0.15, -0.1) is 0 Å². The van der Waals surface area contributed by atoms with E-state index < -0.39 is 26.3 Å². The summed E-state index contributed by atoms with van der Waals surface area (Å²) in [5.74, 6) is -0.0339. The molecule has 2 amide bonds. The number of amides is 2. The minimum Gasteiger partial charge on any atom is -0.506 e. The molecule has 9 rings (SSSR count). The van der Waals surface area contributed by atoms with Crippen LogP contribution in [0.4, 0.5) is 16.2 Å². The standard InChI is InChI=1S/C48H59N5O8Si/c1-48(2,3)62(4,5)61-42(36-17-19-40(54)44-45(36)59-30-43(55)50-44)28-49-27-32-15-18-37-41(26-32)60-47(58)52(37)22-10-9-11-31-14-16-35(33-12-7-6-8-13-33)38(25-31)53(46(56)57)39-29-51-23-20-34(39)21-24-51/h6-8,12-19,25-26,34,39,42,49,54H,9-11,20-24,27-30H2,1-5H3,(H,50,55)(H,56,57)/t39?,42-/m0/s1. The minimum absolute atomic E-state index is 0.0657. The second-order valence-corrected chi connectivity index (χ2v) is 23.3. The van der Waals surface area contributed by atoms with E-state index in [4.69, 9.17) is 13.6 Å². The molecular formula is C48H59N5O8Si. The quantitative estimate of drug-likeness (QED) is 0.0456. The highest BCUT2D eigenvalue weighted by Gasteiger charge is 2.42. The third-order valence-electron chi connectivity index (χ3n) is 13.4. The number of phenols is 1. The van der Waals surface area contributed by atoms with Gasteiger partial charge in [-0.05, 0) is 116 Å².